The molecule has 0 amide bonds. The predicted molar refractivity (Wildman–Crippen MR) is 55.2 cm³/mol. The minimum atomic E-state index is -0.899. The highest BCUT2D eigenvalue weighted by Crippen LogP contribution is 2.19. The van der Waals surface area contributed by atoms with Gasteiger partial charge >= 0.3 is 5.97 Å². The highest BCUT2D eigenvalue weighted by molar-refractivity contribution is 5.69. The van der Waals surface area contributed by atoms with Gasteiger partial charge in [-0.3, -0.25) is 9.69 Å². The first-order valence-electron chi connectivity index (χ1n) is 4.58. The second-order valence-electron chi connectivity index (χ2n) is 3.19. The van der Waals surface area contributed by atoms with Crippen LogP contribution in [0.15, 0.2) is 22.8 Å². The molecule has 0 aliphatic carbocycles. The second kappa shape index (κ2) is 5.23. The molecule has 0 aliphatic heterocycles. The SMILES string of the molecule is C#CCN(CC(=O)O)C(C)c1ccco1. The lowest BCUT2D eigenvalue weighted by Crippen LogP contribution is -2.32. The standard InChI is InChI=1S/C11H13NO3/c1-3-6-12(8-11(13)14)9(2)10-5-4-7-15-10/h1,4-5,7,9H,6,8H2,2H3,(H,13,14). The van der Waals surface area contributed by atoms with Gasteiger partial charge < -0.3 is 9.52 Å². The summed E-state index contributed by atoms with van der Waals surface area (Å²) < 4.78 is 5.20. The van der Waals surface area contributed by atoms with E-state index in [2.05, 4.69) is 5.92 Å². The Labute approximate surface area is 88.5 Å². The average Bonchev–Trinajstić information content (AvgIpc) is 2.68. The summed E-state index contributed by atoms with van der Waals surface area (Å²) in [7, 11) is 0. The van der Waals surface area contributed by atoms with Crippen LogP contribution in [-0.4, -0.2) is 29.1 Å². The van der Waals surface area contributed by atoms with Crippen molar-refractivity contribution in [1.29, 1.82) is 0 Å². The predicted octanol–water partition coefficient (Wildman–Crippen LogP) is 1.36. The number of carboxylic acids is 1. The van der Waals surface area contributed by atoms with Crippen molar-refractivity contribution < 1.29 is 14.3 Å². The van der Waals surface area contributed by atoms with Crippen LogP contribution in [0.1, 0.15) is 18.7 Å². The van der Waals surface area contributed by atoms with E-state index in [1.54, 1.807) is 23.3 Å². The van der Waals surface area contributed by atoms with Gasteiger partial charge in [-0.25, -0.2) is 0 Å². The van der Waals surface area contributed by atoms with E-state index in [0.29, 0.717) is 5.76 Å². The quantitative estimate of drug-likeness (QED) is 0.741. The van der Waals surface area contributed by atoms with E-state index in [-0.39, 0.29) is 19.1 Å². The fourth-order valence-corrected chi connectivity index (χ4v) is 1.33. The Morgan fingerprint density at radius 2 is 2.53 bits per heavy atom. The molecule has 1 unspecified atom stereocenters. The van der Waals surface area contributed by atoms with Gasteiger partial charge in [0.25, 0.3) is 0 Å². The van der Waals surface area contributed by atoms with Crippen LogP contribution >= 0.6 is 0 Å². The van der Waals surface area contributed by atoms with Crippen LogP contribution < -0.4 is 0 Å². The first-order chi connectivity index (χ1) is 7.15. The summed E-state index contributed by atoms with van der Waals surface area (Å²) >= 11 is 0. The van der Waals surface area contributed by atoms with Crippen molar-refractivity contribution in [3.8, 4) is 12.3 Å². The largest absolute Gasteiger partial charge is 0.480 e. The summed E-state index contributed by atoms with van der Waals surface area (Å²) in [6.45, 7) is 2.05. The highest BCUT2D eigenvalue weighted by atomic mass is 16.4. The first-order valence-corrected chi connectivity index (χ1v) is 4.58. The van der Waals surface area contributed by atoms with Crippen LogP contribution in [-0.2, 0) is 4.79 Å². The van der Waals surface area contributed by atoms with Crippen LogP contribution in [0, 0.1) is 12.3 Å². The monoisotopic (exact) mass is 207 g/mol. The van der Waals surface area contributed by atoms with Gasteiger partial charge in [-0.1, -0.05) is 5.92 Å². The summed E-state index contributed by atoms with van der Waals surface area (Å²) in [5, 5.41) is 8.72. The van der Waals surface area contributed by atoms with E-state index in [0.717, 1.165) is 0 Å². The first kappa shape index (κ1) is 11.3. The molecule has 0 radical (unpaired) electrons. The van der Waals surface area contributed by atoms with Crippen molar-refractivity contribution in [2.45, 2.75) is 13.0 Å². The molecule has 1 heterocycles. The molecule has 1 atom stereocenters. The molecule has 0 bridgehead atoms. The zero-order chi connectivity index (χ0) is 11.3. The fourth-order valence-electron chi connectivity index (χ4n) is 1.33. The van der Waals surface area contributed by atoms with E-state index in [4.69, 9.17) is 15.9 Å². The summed E-state index contributed by atoms with van der Waals surface area (Å²) in [6, 6.07) is 3.43. The molecule has 0 fully saturated rings. The average molecular weight is 207 g/mol. The Kier molecular flexibility index (Phi) is 3.95. The minimum absolute atomic E-state index is 0.0912. The zero-order valence-electron chi connectivity index (χ0n) is 8.51. The Morgan fingerprint density at radius 3 is 3.00 bits per heavy atom. The van der Waals surface area contributed by atoms with Gasteiger partial charge in [0.1, 0.15) is 5.76 Å². The molecule has 4 nitrogen and oxygen atoms in total. The smallest absolute Gasteiger partial charge is 0.317 e. The summed E-state index contributed by atoms with van der Waals surface area (Å²) in [4.78, 5) is 12.3. The third kappa shape index (κ3) is 3.15. The summed E-state index contributed by atoms with van der Waals surface area (Å²) in [5.41, 5.74) is 0. The van der Waals surface area contributed by atoms with E-state index in [1.165, 1.54) is 0 Å². The molecule has 0 aliphatic rings. The molecule has 4 heteroatoms. The van der Waals surface area contributed by atoms with Crippen LogP contribution in [0.4, 0.5) is 0 Å². The van der Waals surface area contributed by atoms with Crippen molar-refractivity contribution in [3.05, 3.63) is 24.2 Å². The number of furan rings is 1. The molecule has 0 saturated carbocycles. The molecule has 1 rings (SSSR count). The Bertz CT molecular complexity index is 350. The molecular weight excluding hydrogens is 194 g/mol. The van der Waals surface area contributed by atoms with Crippen LogP contribution in [0.3, 0.4) is 0 Å². The second-order valence-corrected chi connectivity index (χ2v) is 3.19. The lowest BCUT2D eigenvalue weighted by Gasteiger charge is -2.23. The number of nitrogens with zero attached hydrogens (tertiary/aromatic N) is 1. The molecule has 15 heavy (non-hydrogen) atoms. The molecule has 0 saturated heterocycles. The number of hydrogen-bond donors (Lipinski definition) is 1. The normalized spacial score (nSPS) is 12.3. The van der Waals surface area contributed by atoms with Gasteiger partial charge in [0.15, 0.2) is 0 Å². The van der Waals surface area contributed by atoms with Gasteiger partial charge in [0.05, 0.1) is 25.4 Å². The van der Waals surface area contributed by atoms with Crippen molar-refractivity contribution in [1.82, 2.24) is 4.90 Å². The Hall–Kier alpha value is -1.73. The minimum Gasteiger partial charge on any atom is -0.480 e. The van der Waals surface area contributed by atoms with Crippen LogP contribution in [0.5, 0.6) is 0 Å². The van der Waals surface area contributed by atoms with Gasteiger partial charge in [0.2, 0.25) is 0 Å². The van der Waals surface area contributed by atoms with Crippen LogP contribution in [0.2, 0.25) is 0 Å². The maximum absolute atomic E-state index is 10.6. The van der Waals surface area contributed by atoms with Gasteiger partial charge in [-0.15, -0.1) is 6.42 Å². The van der Waals surface area contributed by atoms with Crippen LogP contribution in [0.25, 0.3) is 0 Å². The van der Waals surface area contributed by atoms with E-state index >= 15 is 0 Å². The number of hydrogen-bond acceptors (Lipinski definition) is 3. The highest BCUT2D eigenvalue weighted by Gasteiger charge is 2.19. The third-order valence-electron chi connectivity index (χ3n) is 2.14. The number of terminal acetylenes is 1. The molecule has 0 aromatic carbocycles. The van der Waals surface area contributed by atoms with Gasteiger partial charge in [-0.05, 0) is 19.1 Å². The number of carbonyl (C=O) groups is 1. The maximum atomic E-state index is 10.6. The fraction of sp³-hybridized carbons (Fsp3) is 0.364. The number of rotatable bonds is 5. The molecule has 1 N–H and O–H groups in total. The van der Waals surface area contributed by atoms with Gasteiger partial charge in [-0.2, -0.15) is 0 Å². The van der Waals surface area contributed by atoms with Gasteiger partial charge in [0, 0.05) is 0 Å². The molecule has 80 valence electrons. The number of aliphatic carboxylic acids is 1. The molecular formula is C11H13NO3. The van der Waals surface area contributed by atoms with E-state index in [1.807, 2.05) is 6.92 Å². The van der Waals surface area contributed by atoms with E-state index < -0.39 is 5.97 Å². The molecule has 0 spiro atoms. The topological polar surface area (TPSA) is 53.7 Å². The molecule has 1 aromatic heterocycles. The number of carboxylic acid groups (broad SMARTS) is 1. The third-order valence-corrected chi connectivity index (χ3v) is 2.14. The summed E-state index contributed by atoms with van der Waals surface area (Å²) in [6.07, 6.45) is 6.74. The lowest BCUT2D eigenvalue weighted by molar-refractivity contribution is -0.138. The van der Waals surface area contributed by atoms with Crippen molar-refractivity contribution in [2.75, 3.05) is 13.1 Å². The Morgan fingerprint density at radius 1 is 1.80 bits per heavy atom. The van der Waals surface area contributed by atoms with E-state index in [9.17, 15) is 4.79 Å². The summed E-state index contributed by atoms with van der Waals surface area (Å²) in [5.74, 6) is 2.25. The Balaban J connectivity index is 2.71. The molecule has 1 aromatic rings. The van der Waals surface area contributed by atoms with Crippen molar-refractivity contribution >= 4 is 5.97 Å². The maximum Gasteiger partial charge on any atom is 0.317 e. The lowest BCUT2D eigenvalue weighted by atomic mass is 10.2. The van der Waals surface area contributed by atoms with Crippen molar-refractivity contribution in [3.63, 3.8) is 0 Å². The van der Waals surface area contributed by atoms with Crippen molar-refractivity contribution in [2.24, 2.45) is 0 Å². The zero-order valence-corrected chi connectivity index (χ0v) is 8.51.